The Bertz CT molecular complexity index is 151. The lowest BCUT2D eigenvalue weighted by atomic mass is 10.1. The molecule has 0 radical (unpaired) electrons. The summed E-state index contributed by atoms with van der Waals surface area (Å²) in [5.74, 6) is 0. The van der Waals surface area contributed by atoms with Crippen LogP contribution in [0.3, 0.4) is 0 Å². The predicted octanol–water partition coefficient (Wildman–Crippen LogP) is 3.33. The normalized spacial score (nSPS) is 10.2. The molecule has 0 bridgehead atoms. The van der Waals surface area contributed by atoms with Gasteiger partial charge in [0, 0.05) is 0 Å². The van der Waals surface area contributed by atoms with E-state index in [0.29, 0.717) is 6.61 Å². The third-order valence-corrected chi connectivity index (χ3v) is 2.26. The van der Waals surface area contributed by atoms with Crippen molar-refractivity contribution in [2.24, 2.45) is 0 Å². The molecule has 1 amide bonds. The molecule has 0 spiro atoms. The number of unbranched alkanes of at least 4 members (excludes halogenated alkanes) is 7. The van der Waals surface area contributed by atoms with E-state index in [1.54, 1.807) is 0 Å². The van der Waals surface area contributed by atoms with Gasteiger partial charge in [-0.05, 0) is 6.42 Å². The van der Waals surface area contributed by atoms with Gasteiger partial charge in [-0.3, -0.25) is 4.84 Å². The molecular formula is C11H23NO3. The molecule has 0 aromatic carbocycles. The SMILES string of the molecule is CCCCCCCCCCONC(=O)O. The van der Waals surface area contributed by atoms with Crippen LogP contribution in [0.4, 0.5) is 4.79 Å². The van der Waals surface area contributed by atoms with Gasteiger partial charge in [-0.15, -0.1) is 0 Å². The summed E-state index contributed by atoms with van der Waals surface area (Å²) in [6, 6.07) is 0. The third kappa shape index (κ3) is 13.2. The minimum absolute atomic E-state index is 0.473. The van der Waals surface area contributed by atoms with E-state index >= 15 is 0 Å². The molecule has 4 heteroatoms. The Labute approximate surface area is 92.0 Å². The Kier molecular flexibility index (Phi) is 10.7. The van der Waals surface area contributed by atoms with Crippen LogP contribution in [-0.2, 0) is 4.84 Å². The van der Waals surface area contributed by atoms with Crippen molar-refractivity contribution in [1.82, 2.24) is 5.48 Å². The molecule has 0 unspecified atom stereocenters. The van der Waals surface area contributed by atoms with Crippen LogP contribution in [0.25, 0.3) is 0 Å². The molecule has 0 heterocycles. The highest BCUT2D eigenvalue weighted by Crippen LogP contribution is 2.07. The first-order chi connectivity index (χ1) is 7.27. The number of carboxylic acid groups (broad SMARTS) is 1. The van der Waals surface area contributed by atoms with Crippen LogP contribution in [0.5, 0.6) is 0 Å². The van der Waals surface area contributed by atoms with E-state index in [2.05, 4.69) is 6.92 Å². The average molecular weight is 217 g/mol. The molecule has 0 fully saturated rings. The van der Waals surface area contributed by atoms with Gasteiger partial charge in [0.25, 0.3) is 0 Å². The fourth-order valence-electron chi connectivity index (χ4n) is 1.42. The molecule has 0 saturated carbocycles. The van der Waals surface area contributed by atoms with Crippen LogP contribution in [0.15, 0.2) is 0 Å². The van der Waals surface area contributed by atoms with Crippen molar-refractivity contribution in [2.45, 2.75) is 58.3 Å². The summed E-state index contributed by atoms with van der Waals surface area (Å²) in [7, 11) is 0. The van der Waals surface area contributed by atoms with Gasteiger partial charge in [-0.25, -0.2) is 4.79 Å². The lowest BCUT2D eigenvalue weighted by Gasteiger charge is -2.02. The Hall–Kier alpha value is -0.770. The Balaban J connectivity index is 2.89. The fourth-order valence-corrected chi connectivity index (χ4v) is 1.42. The number of carbonyl (C=O) groups is 1. The molecule has 0 atom stereocenters. The summed E-state index contributed by atoms with van der Waals surface area (Å²) in [5, 5.41) is 8.20. The maximum atomic E-state index is 10.00. The molecule has 4 nitrogen and oxygen atoms in total. The van der Waals surface area contributed by atoms with Gasteiger partial charge in [-0.1, -0.05) is 51.9 Å². The van der Waals surface area contributed by atoms with Crippen molar-refractivity contribution in [3.05, 3.63) is 0 Å². The summed E-state index contributed by atoms with van der Waals surface area (Å²) in [6.07, 6.45) is 8.71. The Morgan fingerprint density at radius 3 is 2.13 bits per heavy atom. The van der Waals surface area contributed by atoms with Crippen LogP contribution in [-0.4, -0.2) is 17.8 Å². The molecule has 0 saturated heterocycles. The van der Waals surface area contributed by atoms with Gasteiger partial charge in [0.15, 0.2) is 0 Å². The van der Waals surface area contributed by atoms with Crippen LogP contribution in [0, 0.1) is 0 Å². The minimum atomic E-state index is -1.13. The second kappa shape index (κ2) is 11.3. The van der Waals surface area contributed by atoms with Gasteiger partial charge in [-0.2, -0.15) is 5.48 Å². The van der Waals surface area contributed by atoms with E-state index in [0.717, 1.165) is 12.8 Å². The molecule has 2 N–H and O–H groups in total. The molecule has 0 aromatic heterocycles. The predicted molar refractivity (Wildman–Crippen MR) is 59.7 cm³/mol. The van der Waals surface area contributed by atoms with Crippen molar-refractivity contribution in [1.29, 1.82) is 0 Å². The summed E-state index contributed by atoms with van der Waals surface area (Å²) in [6.45, 7) is 2.69. The molecule has 0 aliphatic rings. The van der Waals surface area contributed by atoms with Gasteiger partial charge in [0.1, 0.15) is 0 Å². The first kappa shape index (κ1) is 14.2. The van der Waals surface area contributed by atoms with Gasteiger partial charge < -0.3 is 5.11 Å². The molecule has 15 heavy (non-hydrogen) atoms. The number of hydrogen-bond acceptors (Lipinski definition) is 2. The topological polar surface area (TPSA) is 58.6 Å². The van der Waals surface area contributed by atoms with E-state index in [1.165, 1.54) is 38.5 Å². The smallest absolute Gasteiger partial charge is 0.428 e. The minimum Gasteiger partial charge on any atom is -0.464 e. The maximum absolute atomic E-state index is 10.00. The van der Waals surface area contributed by atoms with E-state index in [1.807, 2.05) is 5.48 Å². The second-order valence-corrected chi connectivity index (χ2v) is 3.73. The van der Waals surface area contributed by atoms with Crippen LogP contribution in [0.1, 0.15) is 58.3 Å². The van der Waals surface area contributed by atoms with Crippen molar-refractivity contribution in [3.8, 4) is 0 Å². The van der Waals surface area contributed by atoms with Gasteiger partial charge >= 0.3 is 6.09 Å². The standard InChI is InChI=1S/C11H23NO3/c1-2-3-4-5-6-7-8-9-10-15-12-11(13)14/h12H,2-10H2,1H3,(H,13,14). The summed E-state index contributed by atoms with van der Waals surface area (Å²) >= 11 is 0. The molecule has 0 aromatic rings. The van der Waals surface area contributed by atoms with Crippen molar-refractivity contribution >= 4 is 6.09 Å². The van der Waals surface area contributed by atoms with Crippen LogP contribution >= 0.6 is 0 Å². The van der Waals surface area contributed by atoms with Crippen molar-refractivity contribution < 1.29 is 14.7 Å². The number of hydrogen-bond donors (Lipinski definition) is 2. The van der Waals surface area contributed by atoms with Crippen molar-refractivity contribution in [3.63, 3.8) is 0 Å². The highest BCUT2D eigenvalue weighted by Gasteiger charge is 1.94. The maximum Gasteiger partial charge on any atom is 0.428 e. The zero-order chi connectivity index (χ0) is 11.4. The molecule has 0 aliphatic carbocycles. The third-order valence-electron chi connectivity index (χ3n) is 2.26. The van der Waals surface area contributed by atoms with E-state index in [4.69, 9.17) is 9.94 Å². The number of hydroxylamine groups is 1. The fraction of sp³-hybridized carbons (Fsp3) is 0.909. The summed E-state index contributed by atoms with van der Waals surface area (Å²) in [5.41, 5.74) is 1.88. The van der Waals surface area contributed by atoms with Gasteiger partial charge in [0.05, 0.1) is 6.61 Å². The first-order valence-corrected chi connectivity index (χ1v) is 5.88. The number of amides is 1. The summed E-state index contributed by atoms with van der Waals surface area (Å²) < 4.78 is 0. The highest BCUT2D eigenvalue weighted by molar-refractivity contribution is 5.62. The molecule has 0 rings (SSSR count). The quantitative estimate of drug-likeness (QED) is 0.436. The first-order valence-electron chi connectivity index (χ1n) is 5.88. The lowest BCUT2D eigenvalue weighted by Crippen LogP contribution is -2.21. The number of rotatable bonds is 10. The Morgan fingerprint density at radius 2 is 1.60 bits per heavy atom. The zero-order valence-electron chi connectivity index (χ0n) is 9.63. The lowest BCUT2D eigenvalue weighted by molar-refractivity contribution is 0.0401. The summed E-state index contributed by atoms with van der Waals surface area (Å²) in [4.78, 5) is 14.7. The number of nitrogens with one attached hydrogen (secondary N) is 1. The zero-order valence-corrected chi connectivity index (χ0v) is 9.63. The van der Waals surface area contributed by atoms with Crippen molar-refractivity contribution in [2.75, 3.05) is 6.61 Å². The molecule has 0 aliphatic heterocycles. The van der Waals surface area contributed by atoms with Gasteiger partial charge in [0.2, 0.25) is 0 Å². The highest BCUT2D eigenvalue weighted by atomic mass is 16.7. The van der Waals surface area contributed by atoms with E-state index in [-0.39, 0.29) is 0 Å². The second-order valence-electron chi connectivity index (χ2n) is 3.73. The van der Waals surface area contributed by atoms with E-state index < -0.39 is 6.09 Å². The average Bonchev–Trinajstić information content (AvgIpc) is 2.20. The Morgan fingerprint density at radius 1 is 1.07 bits per heavy atom. The monoisotopic (exact) mass is 217 g/mol. The molecule has 90 valence electrons. The van der Waals surface area contributed by atoms with Crippen LogP contribution in [0.2, 0.25) is 0 Å². The molecular weight excluding hydrogens is 194 g/mol. The largest absolute Gasteiger partial charge is 0.464 e. The van der Waals surface area contributed by atoms with Crippen LogP contribution < -0.4 is 5.48 Å². The van der Waals surface area contributed by atoms with E-state index in [9.17, 15) is 4.79 Å².